The molecule has 0 spiro atoms. The largest absolute Gasteiger partial charge is 0.417 e. The topological polar surface area (TPSA) is 80.9 Å². The monoisotopic (exact) mass is 642 g/mol. The number of halogens is 9. The third-order valence-corrected chi connectivity index (χ3v) is 7.92. The molecule has 16 heteroatoms. The van der Waals surface area contributed by atoms with Crippen molar-refractivity contribution >= 4 is 80.3 Å². The van der Waals surface area contributed by atoms with Gasteiger partial charge in [-0.3, -0.25) is 4.79 Å². The number of thiazole rings is 1. The summed E-state index contributed by atoms with van der Waals surface area (Å²) in [5, 5.41) is 2.19. The number of carbonyl (C=O) groups excluding carboxylic acids is 1. The Morgan fingerprint density at radius 2 is 1.46 bits per heavy atom. The van der Waals surface area contributed by atoms with Crippen molar-refractivity contribution in [2.24, 2.45) is 0 Å². The number of hydrogen-bond acceptors (Lipinski definition) is 7. The molecule has 0 aliphatic heterocycles. The minimum atomic E-state index is -4.70. The van der Waals surface area contributed by atoms with Gasteiger partial charge in [-0.1, -0.05) is 57.9 Å². The molecule has 0 amide bonds. The zero-order chi connectivity index (χ0) is 28.7. The number of nitrogens with zero attached hydrogens (tertiary/aromatic N) is 2. The van der Waals surface area contributed by atoms with Gasteiger partial charge >= 0.3 is 12.4 Å². The maximum atomic E-state index is 13.0. The second kappa shape index (κ2) is 11.0. The highest BCUT2D eigenvalue weighted by atomic mass is 35.5. The van der Waals surface area contributed by atoms with E-state index in [1.54, 1.807) is 24.3 Å². The van der Waals surface area contributed by atoms with Crippen LogP contribution in [0.15, 0.2) is 58.6 Å². The summed E-state index contributed by atoms with van der Waals surface area (Å²) >= 11 is 19.7. The van der Waals surface area contributed by atoms with Crippen LogP contribution >= 0.6 is 57.9 Å². The van der Waals surface area contributed by atoms with E-state index in [1.165, 1.54) is 0 Å². The fraction of sp³-hybridized carbons (Fsp3) is 0.0870. The summed E-state index contributed by atoms with van der Waals surface area (Å²) < 4.78 is 77.4. The summed E-state index contributed by atoms with van der Waals surface area (Å²) in [4.78, 5) is 21.4. The summed E-state index contributed by atoms with van der Waals surface area (Å²) in [6.45, 7) is 0. The molecule has 2 aromatic heterocycles. The molecule has 39 heavy (non-hydrogen) atoms. The van der Waals surface area contributed by atoms with Crippen LogP contribution in [0.3, 0.4) is 0 Å². The Morgan fingerprint density at radius 1 is 0.897 bits per heavy atom. The molecule has 0 unspecified atom stereocenters. The number of nitrogen functional groups attached to an aromatic ring is 1. The average Bonchev–Trinajstić information content (AvgIpc) is 3.19. The van der Waals surface area contributed by atoms with E-state index in [4.69, 9.17) is 40.5 Å². The second-order valence-electron chi connectivity index (χ2n) is 7.64. The molecule has 0 aliphatic rings. The maximum absolute atomic E-state index is 13.0. The number of nitrogens with two attached hydrogens (primary N) is 1. The Balaban J connectivity index is 1.49. The lowest BCUT2D eigenvalue weighted by Gasteiger charge is -2.11. The van der Waals surface area contributed by atoms with Crippen LogP contribution in [-0.4, -0.2) is 15.8 Å². The predicted molar refractivity (Wildman–Crippen MR) is 140 cm³/mol. The van der Waals surface area contributed by atoms with Crippen LogP contribution in [0, 0.1) is 0 Å². The molecular weight excluding hydrogens is 633 g/mol. The van der Waals surface area contributed by atoms with E-state index in [-0.39, 0.29) is 31.4 Å². The van der Waals surface area contributed by atoms with E-state index in [0.717, 1.165) is 29.2 Å². The van der Waals surface area contributed by atoms with Crippen LogP contribution in [0.1, 0.15) is 26.4 Å². The molecule has 2 heterocycles. The first-order valence-corrected chi connectivity index (χ1v) is 13.0. The molecule has 0 aliphatic carbocycles. The molecule has 0 radical (unpaired) electrons. The van der Waals surface area contributed by atoms with Gasteiger partial charge in [-0.2, -0.15) is 26.3 Å². The van der Waals surface area contributed by atoms with Gasteiger partial charge in [-0.05, 0) is 42.5 Å². The average molecular weight is 644 g/mol. The summed E-state index contributed by atoms with van der Waals surface area (Å²) in [6, 6.07) is 8.55. The van der Waals surface area contributed by atoms with E-state index in [9.17, 15) is 31.1 Å². The third kappa shape index (κ3) is 6.72. The van der Waals surface area contributed by atoms with Crippen LogP contribution in [-0.2, 0) is 12.4 Å². The molecular formula is C23H11Cl3F6N4OS2. The van der Waals surface area contributed by atoms with Crippen molar-refractivity contribution in [1.82, 2.24) is 9.97 Å². The highest BCUT2D eigenvalue weighted by Gasteiger charge is 2.34. The molecule has 5 nitrogen and oxygen atoms in total. The standard InChI is InChI=1S/C23H11Cl3F6N4OS2/c24-13-5-9(22(27,28)29)6-14(25)16(13)17(37)18-19(33)36-21(39-18)35-11-1-3-12(4-2-11)38-20-15(26)7-10(8-34-20)23(30,31)32/h1-8H,33H2,(H,35,36). The number of anilines is 3. The van der Waals surface area contributed by atoms with Crippen molar-refractivity contribution in [3.8, 4) is 0 Å². The van der Waals surface area contributed by atoms with Gasteiger partial charge in [-0.25, -0.2) is 9.97 Å². The molecule has 4 rings (SSSR count). The minimum Gasteiger partial charge on any atom is -0.382 e. The van der Waals surface area contributed by atoms with Gasteiger partial charge in [0.25, 0.3) is 0 Å². The second-order valence-corrected chi connectivity index (χ2v) is 10.9. The van der Waals surface area contributed by atoms with E-state index in [1.807, 2.05) is 0 Å². The van der Waals surface area contributed by atoms with E-state index >= 15 is 0 Å². The molecule has 2 aromatic carbocycles. The first-order valence-electron chi connectivity index (χ1n) is 10.3. The van der Waals surface area contributed by atoms with Crippen LogP contribution < -0.4 is 11.1 Å². The molecule has 204 valence electrons. The Kier molecular flexibility index (Phi) is 8.29. The number of alkyl halides is 6. The quantitative estimate of drug-likeness (QED) is 0.161. The van der Waals surface area contributed by atoms with Crippen LogP contribution in [0.25, 0.3) is 0 Å². The highest BCUT2D eigenvalue weighted by Crippen LogP contribution is 2.40. The Morgan fingerprint density at radius 3 is 2.00 bits per heavy atom. The summed E-state index contributed by atoms with van der Waals surface area (Å²) in [5.41, 5.74) is 3.99. The number of carbonyl (C=O) groups is 1. The number of rotatable bonds is 6. The lowest BCUT2D eigenvalue weighted by Crippen LogP contribution is -2.09. The molecule has 0 saturated carbocycles. The number of pyridine rings is 1. The van der Waals surface area contributed by atoms with Gasteiger partial charge in [0.1, 0.15) is 15.7 Å². The zero-order valence-corrected chi connectivity index (χ0v) is 22.6. The molecule has 0 atom stereocenters. The summed E-state index contributed by atoms with van der Waals surface area (Å²) in [5.74, 6) is -0.982. The first-order chi connectivity index (χ1) is 18.1. The first kappa shape index (κ1) is 29.3. The normalized spacial score (nSPS) is 12.0. The van der Waals surface area contributed by atoms with Gasteiger partial charge in [0.2, 0.25) is 5.78 Å². The van der Waals surface area contributed by atoms with E-state index < -0.39 is 39.3 Å². The summed E-state index contributed by atoms with van der Waals surface area (Å²) in [7, 11) is 0. The van der Waals surface area contributed by atoms with Gasteiger partial charge < -0.3 is 11.1 Å². The Bertz CT molecular complexity index is 1540. The molecule has 4 aromatic rings. The predicted octanol–water partition coefficient (Wildman–Crippen LogP) is 9.24. The van der Waals surface area contributed by atoms with Crippen molar-refractivity contribution < 1.29 is 31.1 Å². The van der Waals surface area contributed by atoms with E-state index in [2.05, 4.69) is 15.3 Å². The molecule has 3 N–H and O–H groups in total. The van der Waals surface area contributed by atoms with Crippen LogP contribution in [0.2, 0.25) is 15.1 Å². The van der Waals surface area contributed by atoms with Crippen molar-refractivity contribution in [1.29, 1.82) is 0 Å². The molecule has 0 saturated heterocycles. The number of nitrogens with one attached hydrogen (secondary N) is 1. The van der Waals surface area contributed by atoms with Crippen molar-refractivity contribution in [2.45, 2.75) is 22.3 Å². The van der Waals surface area contributed by atoms with Gasteiger partial charge in [0.15, 0.2) is 5.13 Å². The lowest BCUT2D eigenvalue weighted by molar-refractivity contribution is -0.138. The third-order valence-electron chi connectivity index (χ3n) is 4.91. The maximum Gasteiger partial charge on any atom is 0.417 e. The van der Waals surface area contributed by atoms with E-state index in [0.29, 0.717) is 28.9 Å². The highest BCUT2D eigenvalue weighted by molar-refractivity contribution is 7.99. The van der Waals surface area contributed by atoms with Crippen molar-refractivity contribution in [2.75, 3.05) is 11.1 Å². The van der Waals surface area contributed by atoms with Crippen molar-refractivity contribution in [3.63, 3.8) is 0 Å². The smallest absolute Gasteiger partial charge is 0.382 e. The number of benzene rings is 2. The number of ketones is 1. The van der Waals surface area contributed by atoms with Crippen molar-refractivity contribution in [3.05, 3.63) is 85.3 Å². The Labute approximate surface area is 239 Å². The fourth-order valence-corrected chi connectivity index (χ4v) is 5.66. The van der Waals surface area contributed by atoms with Crippen LogP contribution in [0.5, 0.6) is 0 Å². The fourth-order valence-electron chi connectivity index (χ4n) is 3.11. The Hall–Kier alpha value is -2.71. The summed E-state index contributed by atoms with van der Waals surface area (Å²) in [6.07, 6.45) is -8.57. The van der Waals surface area contributed by atoms with Gasteiger partial charge in [-0.15, -0.1) is 0 Å². The van der Waals surface area contributed by atoms with Gasteiger partial charge in [0.05, 0.1) is 31.8 Å². The SMILES string of the molecule is Nc1nc(Nc2ccc(Sc3ncc(C(F)(F)F)cc3Cl)cc2)sc1C(=O)c1c(Cl)cc(C(F)(F)F)cc1Cl. The van der Waals surface area contributed by atoms with Crippen LogP contribution in [0.4, 0.5) is 43.0 Å². The number of aromatic nitrogens is 2. The van der Waals surface area contributed by atoms with Gasteiger partial charge in [0, 0.05) is 16.8 Å². The number of hydrogen-bond donors (Lipinski definition) is 2. The zero-order valence-electron chi connectivity index (χ0n) is 18.7. The minimum absolute atomic E-state index is 0.0868. The molecule has 0 fully saturated rings. The lowest BCUT2D eigenvalue weighted by atomic mass is 10.1. The molecule has 0 bridgehead atoms.